The minimum Gasteiger partial charge on any atom is -0.481 e. The lowest BCUT2D eigenvalue weighted by molar-refractivity contribution is -0.136. The quantitative estimate of drug-likeness (QED) is 0.913. The number of carbonyl (C=O) groups is 1. The van der Waals surface area contributed by atoms with Gasteiger partial charge in [-0.2, -0.15) is 0 Å². The highest BCUT2D eigenvalue weighted by atomic mass is 19.2. The van der Waals surface area contributed by atoms with Crippen LogP contribution in [-0.2, 0) is 11.2 Å². The summed E-state index contributed by atoms with van der Waals surface area (Å²) in [5.74, 6) is -2.95. The molecule has 21 heavy (non-hydrogen) atoms. The maximum Gasteiger partial charge on any atom is 0.303 e. The zero-order valence-electron chi connectivity index (χ0n) is 11.9. The fraction of sp³-hybridized carbons (Fsp3) is 0.235. The third-order valence-corrected chi connectivity index (χ3v) is 3.48. The number of halogens is 2. The molecule has 0 aliphatic carbocycles. The van der Waals surface area contributed by atoms with E-state index in [-0.39, 0.29) is 18.4 Å². The monoisotopic (exact) mass is 290 g/mol. The number of rotatable bonds is 4. The molecule has 0 atom stereocenters. The molecule has 0 unspecified atom stereocenters. The highest BCUT2D eigenvalue weighted by Crippen LogP contribution is 2.30. The molecule has 2 aromatic rings. The number of hydrogen-bond acceptors (Lipinski definition) is 1. The lowest BCUT2D eigenvalue weighted by Gasteiger charge is -2.12. The van der Waals surface area contributed by atoms with E-state index in [4.69, 9.17) is 5.11 Å². The Balaban J connectivity index is 2.53. The molecule has 0 aliphatic heterocycles. The van der Waals surface area contributed by atoms with Crippen molar-refractivity contribution >= 4 is 5.97 Å². The second-order valence-electron chi connectivity index (χ2n) is 5.09. The van der Waals surface area contributed by atoms with E-state index < -0.39 is 17.6 Å². The summed E-state index contributed by atoms with van der Waals surface area (Å²) in [5, 5.41) is 8.69. The van der Waals surface area contributed by atoms with E-state index in [2.05, 4.69) is 0 Å². The van der Waals surface area contributed by atoms with E-state index in [1.54, 1.807) is 0 Å². The zero-order valence-corrected chi connectivity index (χ0v) is 11.9. The summed E-state index contributed by atoms with van der Waals surface area (Å²) in [7, 11) is 0. The molecule has 0 spiro atoms. The fourth-order valence-corrected chi connectivity index (χ4v) is 2.48. The molecule has 1 N–H and O–H groups in total. The van der Waals surface area contributed by atoms with Crippen molar-refractivity contribution in [1.82, 2.24) is 0 Å². The Morgan fingerprint density at radius 3 is 2.33 bits per heavy atom. The van der Waals surface area contributed by atoms with Gasteiger partial charge in [0.25, 0.3) is 0 Å². The highest BCUT2D eigenvalue weighted by Gasteiger charge is 2.15. The van der Waals surface area contributed by atoms with Crippen LogP contribution in [0.4, 0.5) is 8.78 Å². The molecule has 0 fully saturated rings. The summed E-state index contributed by atoms with van der Waals surface area (Å²) < 4.78 is 27.6. The minimum atomic E-state index is -1.03. The van der Waals surface area contributed by atoms with Crippen LogP contribution in [0.15, 0.2) is 30.3 Å². The van der Waals surface area contributed by atoms with Crippen LogP contribution in [0.25, 0.3) is 11.1 Å². The van der Waals surface area contributed by atoms with Gasteiger partial charge < -0.3 is 5.11 Å². The maximum atomic E-state index is 13.8. The summed E-state index contributed by atoms with van der Waals surface area (Å²) in [4.78, 5) is 10.6. The fourth-order valence-electron chi connectivity index (χ4n) is 2.48. The van der Waals surface area contributed by atoms with Crippen molar-refractivity contribution in [3.63, 3.8) is 0 Å². The Kier molecular flexibility index (Phi) is 4.36. The molecule has 2 aromatic carbocycles. The van der Waals surface area contributed by atoms with Crippen LogP contribution in [0.5, 0.6) is 0 Å². The normalized spacial score (nSPS) is 10.7. The third kappa shape index (κ3) is 3.27. The maximum absolute atomic E-state index is 13.8. The second kappa shape index (κ2) is 6.04. The van der Waals surface area contributed by atoms with E-state index in [0.717, 1.165) is 22.8 Å². The highest BCUT2D eigenvalue weighted by molar-refractivity contribution is 5.72. The van der Waals surface area contributed by atoms with Crippen molar-refractivity contribution in [2.24, 2.45) is 0 Å². The molecule has 4 heteroatoms. The van der Waals surface area contributed by atoms with Crippen LogP contribution < -0.4 is 0 Å². The molecule has 0 amide bonds. The van der Waals surface area contributed by atoms with Crippen LogP contribution in [0.1, 0.15) is 23.1 Å². The Morgan fingerprint density at radius 1 is 1.14 bits per heavy atom. The first-order chi connectivity index (χ1) is 9.90. The van der Waals surface area contributed by atoms with Gasteiger partial charge in [-0.3, -0.25) is 4.79 Å². The van der Waals surface area contributed by atoms with E-state index in [0.29, 0.717) is 5.56 Å². The van der Waals surface area contributed by atoms with Gasteiger partial charge in [0.15, 0.2) is 11.6 Å². The van der Waals surface area contributed by atoms with Gasteiger partial charge in [-0.25, -0.2) is 8.78 Å². The molecule has 0 saturated carbocycles. The molecule has 0 bridgehead atoms. The van der Waals surface area contributed by atoms with Crippen molar-refractivity contribution < 1.29 is 18.7 Å². The van der Waals surface area contributed by atoms with Gasteiger partial charge in [0, 0.05) is 6.42 Å². The number of hydrogen-bond donors (Lipinski definition) is 1. The molecular formula is C17H16F2O2. The predicted octanol–water partition coefficient (Wildman–Crippen LogP) is 4.27. The van der Waals surface area contributed by atoms with Crippen molar-refractivity contribution in [3.8, 4) is 11.1 Å². The number of carboxylic acids is 1. The lowest BCUT2D eigenvalue weighted by Crippen LogP contribution is -2.02. The number of benzene rings is 2. The van der Waals surface area contributed by atoms with E-state index in [1.165, 1.54) is 6.07 Å². The van der Waals surface area contributed by atoms with Gasteiger partial charge in [0.05, 0.1) is 0 Å². The Morgan fingerprint density at radius 2 is 1.76 bits per heavy atom. The van der Waals surface area contributed by atoms with Gasteiger partial charge in [-0.05, 0) is 60.2 Å². The van der Waals surface area contributed by atoms with Crippen molar-refractivity contribution in [1.29, 1.82) is 0 Å². The Hall–Kier alpha value is -2.23. The molecule has 0 aromatic heterocycles. The predicted molar refractivity (Wildman–Crippen MR) is 77.2 cm³/mol. The molecular weight excluding hydrogens is 274 g/mol. The summed E-state index contributed by atoms with van der Waals surface area (Å²) in [6.07, 6.45) is -0.260. The number of aryl methyl sites for hydroxylation is 3. The summed E-state index contributed by atoms with van der Waals surface area (Å²) >= 11 is 0. The number of carboxylic acid groups (broad SMARTS) is 1. The minimum absolute atomic E-state index is 0.0309. The smallest absolute Gasteiger partial charge is 0.303 e. The Labute approximate surface area is 122 Å². The van der Waals surface area contributed by atoms with Gasteiger partial charge in [0.1, 0.15) is 0 Å². The van der Waals surface area contributed by atoms with Crippen LogP contribution in [0, 0.1) is 25.5 Å². The third-order valence-electron chi connectivity index (χ3n) is 3.48. The molecule has 0 heterocycles. The first kappa shape index (κ1) is 15.2. The zero-order chi connectivity index (χ0) is 15.6. The Bertz CT molecular complexity index is 673. The van der Waals surface area contributed by atoms with Crippen molar-refractivity contribution in [2.75, 3.05) is 0 Å². The van der Waals surface area contributed by atoms with E-state index in [1.807, 2.05) is 32.0 Å². The van der Waals surface area contributed by atoms with Crippen LogP contribution in [0.2, 0.25) is 0 Å². The van der Waals surface area contributed by atoms with Gasteiger partial charge >= 0.3 is 5.97 Å². The van der Waals surface area contributed by atoms with Gasteiger partial charge in [-0.1, -0.05) is 18.2 Å². The van der Waals surface area contributed by atoms with Crippen LogP contribution >= 0.6 is 0 Å². The molecule has 0 saturated heterocycles. The largest absolute Gasteiger partial charge is 0.481 e. The molecule has 2 rings (SSSR count). The van der Waals surface area contributed by atoms with Gasteiger partial charge in [-0.15, -0.1) is 0 Å². The molecule has 2 nitrogen and oxygen atoms in total. The van der Waals surface area contributed by atoms with Crippen molar-refractivity contribution in [3.05, 3.63) is 58.7 Å². The first-order valence-electron chi connectivity index (χ1n) is 6.66. The standard InChI is InChI=1S/C17H16F2O2/c1-10-4-3-5-11(2)16(10)13-8-12(6-7-15(20)21)17(19)14(18)9-13/h3-5,8-9H,6-7H2,1-2H3,(H,20,21). The average molecular weight is 290 g/mol. The second-order valence-corrected chi connectivity index (χ2v) is 5.09. The van der Waals surface area contributed by atoms with E-state index in [9.17, 15) is 13.6 Å². The van der Waals surface area contributed by atoms with Crippen LogP contribution in [0.3, 0.4) is 0 Å². The molecule has 0 aliphatic rings. The van der Waals surface area contributed by atoms with Crippen LogP contribution in [-0.4, -0.2) is 11.1 Å². The topological polar surface area (TPSA) is 37.3 Å². The summed E-state index contributed by atoms with van der Waals surface area (Å²) in [6, 6.07) is 8.41. The number of aliphatic carboxylic acids is 1. The van der Waals surface area contributed by atoms with E-state index >= 15 is 0 Å². The molecule has 110 valence electrons. The first-order valence-corrected chi connectivity index (χ1v) is 6.66. The average Bonchev–Trinajstić information content (AvgIpc) is 2.40. The SMILES string of the molecule is Cc1cccc(C)c1-c1cc(F)c(F)c(CCC(=O)O)c1. The summed E-state index contributed by atoms with van der Waals surface area (Å²) in [6.45, 7) is 3.81. The molecule has 0 radical (unpaired) electrons. The lowest BCUT2D eigenvalue weighted by atomic mass is 9.93. The summed E-state index contributed by atoms with van der Waals surface area (Å²) in [5.41, 5.74) is 3.45. The van der Waals surface area contributed by atoms with Crippen molar-refractivity contribution in [2.45, 2.75) is 26.7 Å². The van der Waals surface area contributed by atoms with Gasteiger partial charge in [0.2, 0.25) is 0 Å².